The van der Waals surface area contributed by atoms with Crippen LogP contribution < -0.4 is 0 Å². The molecule has 0 saturated heterocycles. The Kier molecular flexibility index (Phi) is 5.88. The van der Waals surface area contributed by atoms with Crippen molar-refractivity contribution in [1.82, 2.24) is 4.98 Å². The highest BCUT2D eigenvalue weighted by Gasteiger charge is 2.38. The predicted molar refractivity (Wildman–Crippen MR) is 191 cm³/mol. The Morgan fingerprint density at radius 1 is 0.457 bits per heavy atom. The number of aromatic nitrogens is 1. The molecule has 8 aromatic rings. The number of furan rings is 1. The Morgan fingerprint density at radius 2 is 1.02 bits per heavy atom. The molecule has 0 N–H and O–H groups in total. The van der Waals surface area contributed by atoms with E-state index in [4.69, 9.17) is 9.40 Å². The van der Waals surface area contributed by atoms with Gasteiger partial charge < -0.3 is 4.42 Å². The number of para-hydroxylation sites is 1. The van der Waals surface area contributed by atoms with Crippen molar-refractivity contribution >= 4 is 21.9 Å². The first-order chi connectivity index (χ1) is 22.5. The van der Waals surface area contributed by atoms with E-state index in [0.29, 0.717) is 0 Å². The number of hydrogen-bond donors (Lipinski definition) is 0. The molecule has 0 aliphatic heterocycles. The van der Waals surface area contributed by atoms with Gasteiger partial charge in [-0.05, 0) is 69.3 Å². The summed E-state index contributed by atoms with van der Waals surface area (Å²) < 4.78 is 6.50. The summed E-state index contributed by atoms with van der Waals surface area (Å²) in [5.74, 6) is 0. The fraction of sp³-hybridized carbons (Fsp3) is 0.0682. The molecule has 2 heterocycles. The van der Waals surface area contributed by atoms with Crippen LogP contribution in [-0.2, 0) is 5.41 Å². The number of nitrogens with zero attached hydrogens (tertiary/aromatic N) is 1. The van der Waals surface area contributed by atoms with Crippen LogP contribution in [0.4, 0.5) is 0 Å². The van der Waals surface area contributed by atoms with Gasteiger partial charge in [-0.1, -0.05) is 135 Å². The second kappa shape index (κ2) is 10.2. The summed E-state index contributed by atoms with van der Waals surface area (Å²) in [5, 5.41) is 2.36. The minimum Gasteiger partial charge on any atom is -0.456 e. The van der Waals surface area contributed by atoms with Crippen LogP contribution in [0, 0.1) is 0 Å². The zero-order valence-corrected chi connectivity index (χ0v) is 25.8. The Labute approximate surface area is 268 Å². The van der Waals surface area contributed by atoms with Gasteiger partial charge in [0.15, 0.2) is 0 Å². The Balaban J connectivity index is 1.10. The fourth-order valence-corrected chi connectivity index (χ4v) is 7.31. The molecule has 1 aliphatic carbocycles. The number of pyridine rings is 1. The van der Waals surface area contributed by atoms with Crippen molar-refractivity contribution in [3.05, 3.63) is 163 Å². The average molecular weight is 590 g/mol. The highest BCUT2D eigenvalue weighted by Crippen LogP contribution is 2.53. The average Bonchev–Trinajstić information content (AvgIpc) is 3.60. The first-order valence-corrected chi connectivity index (χ1v) is 15.9. The Bertz CT molecular complexity index is 2360. The Hall–Kier alpha value is -5.73. The highest BCUT2D eigenvalue weighted by molar-refractivity contribution is 6.09. The maximum atomic E-state index is 6.50. The first-order valence-electron chi connectivity index (χ1n) is 15.9. The third kappa shape index (κ3) is 4.14. The SMILES string of the molecule is CC1(C)c2cc(-c3ccc(-c4cc(-c5ccccc5)nc(-c5ccccc5)c4)cc3)ccc2-c2ccc3c(oc4ccccc43)c21. The van der Waals surface area contributed by atoms with Crippen LogP contribution in [0.15, 0.2) is 156 Å². The zero-order valence-electron chi connectivity index (χ0n) is 25.8. The van der Waals surface area contributed by atoms with Crippen LogP contribution in [-0.4, -0.2) is 4.98 Å². The standard InChI is InChI=1S/C44H31NO/c1-44(2)38-25-32(21-22-34(38)36-23-24-37-35-15-9-10-16-41(35)46-43(37)42(36)44)28-17-19-29(20-18-28)33-26-39(30-11-5-3-6-12-30)45-40(27-33)31-13-7-4-8-14-31/h3-27H,1-2H3. The van der Waals surface area contributed by atoms with Gasteiger partial charge in [0.25, 0.3) is 0 Å². The van der Waals surface area contributed by atoms with Crippen LogP contribution in [0.2, 0.25) is 0 Å². The lowest BCUT2D eigenvalue weighted by Crippen LogP contribution is -2.15. The topological polar surface area (TPSA) is 26.0 Å². The van der Waals surface area contributed by atoms with Crippen molar-refractivity contribution in [2.45, 2.75) is 19.3 Å². The van der Waals surface area contributed by atoms with Crippen molar-refractivity contribution < 1.29 is 4.42 Å². The molecule has 2 heteroatoms. The second-order valence-electron chi connectivity index (χ2n) is 12.8. The van der Waals surface area contributed by atoms with E-state index in [1.54, 1.807) is 0 Å². The Morgan fingerprint density at radius 3 is 1.70 bits per heavy atom. The van der Waals surface area contributed by atoms with E-state index in [1.165, 1.54) is 49.7 Å². The molecule has 0 spiro atoms. The van der Waals surface area contributed by atoms with Crippen molar-refractivity contribution in [3.63, 3.8) is 0 Å². The summed E-state index contributed by atoms with van der Waals surface area (Å²) in [5.41, 5.74) is 15.9. The number of hydrogen-bond acceptors (Lipinski definition) is 2. The van der Waals surface area contributed by atoms with Gasteiger partial charge in [0.05, 0.1) is 11.4 Å². The molecular formula is C44H31NO. The quantitative estimate of drug-likeness (QED) is 0.204. The minimum absolute atomic E-state index is 0.188. The summed E-state index contributed by atoms with van der Waals surface area (Å²) in [6.45, 7) is 4.66. The number of benzene rings is 6. The number of rotatable bonds is 4. The molecule has 0 amide bonds. The van der Waals surface area contributed by atoms with E-state index in [-0.39, 0.29) is 5.41 Å². The lowest BCUT2D eigenvalue weighted by Gasteiger charge is -2.22. The third-order valence-corrected chi connectivity index (χ3v) is 9.67. The van der Waals surface area contributed by atoms with Crippen LogP contribution in [0.25, 0.3) is 77.8 Å². The molecule has 6 aromatic carbocycles. The molecule has 0 unspecified atom stereocenters. The van der Waals surface area contributed by atoms with Crippen LogP contribution in [0.1, 0.15) is 25.0 Å². The maximum Gasteiger partial charge on any atom is 0.140 e. The largest absolute Gasteiger partial charge is 0.456 e. The third-order valence-electron chi connectivity index (χ3n) is 9.67. The van der Waals surface area contributed by atoms with E-state index < -0.39 is 0 Å². The first kappa shape index (κ1) is 26.7. The summed E-state index contributed by atoms with van der Waals surface area (Å²) >= 11 is 0. The smallest absolute Gasteiger partial charge is 0.140 e. The van der Waals surface area contributed by atoms with E-state index in [2.05, 4.69) is 147 Å². The van der Waals surface area contributed by atoms with Gasteiger partial charge in [0.2, 0.25) is 0 Å². The van der Waals surface area contributed by atoms with E-state index in [0.717, 1.165) is 39.2 Å². The van der Waals surface area contributed by atoms with Gasteiger partial charge in [-0.3, -0.25) is 0 Å². The van der Waals surface area contributed by atoms with E-state index >= 15 is 0 Å². The summed E-state index contributed by atoms with van der Waals surface area (Å²) in [6.07, 6.45) is 0. The maximum absolute atomic E-state index is 6.50. The molecule has 0 atom stereocenters. The number of fused-ring (bicyclic) bond motifs is 7. The van der Waals surface area contributed by atoms with Gasteiger partial charge >= 0.3 is 0 Å². The van der Waals surface area contributed by atoms with Crippen LogP contribution in [0.5, 0.6) is 0 Å². The second-order valence-corrected chi connectivity index (χ2v) is 12.8. The lowest BCUT2D eigenvalue weighted by molar-refractivity contribution is 0.620. The van der Waals surface area contributed by atoms with Crippen LogP contribution in [0.3, 0.4) is 0 Å². The molecule has 0 saturated carbocycles. The van der Waals surface area contributed by atoms with Gasteiger partial charge in [0.1, 0.15) is 11.2 Å². The van der Waals surface area contributed by atoms with Crippen molar-refractivity contribution in [3.8, 4) is 55.9 Å². The molecule has 0 fully saturated rings. The van der Waals surface area contributed by atoms with Crippen molar-refractivity contribution in [2.75, 3.05) is 0 Å². The monoisotopic (exact) mass is 589 g/mol. The van der Waals surface area contributed by atoms with E-state index in [1.807, 2.05) is 18.2 Å². The summed E-state index contributed by atoms with van der Waals surface area (Å²) in [7, 11) is 0. The lowest BCUT2D eigenvalue weighted by atomic mass is 9.81. The van der Waals surface area contributed by atoms with Crippen molar-refractivity contribution in [2.24, 2.45) is 0 Å². The molecule has 46 heavy (non-hydrogen) atoms. The summed E-state index contributed by atoms with van der Waals surface area (Å²) in [6, 6.07) is 54.0. The molecule has 0 bridgehead atoms. The minimum atomic E-state index is -0.188. The predicted octanol–water partition coefficient (Wildman–Crippen LogP) is 12.0. The molecule has 0 radical (unpaired) electrons. The van der Waals surface area contributed by atoms with Gasteiger partial charge in [-0.25, -0.2) is 4.98 Å². The molecule has 2 nitrogen and oxygen atoms in total. The fourth-order valence-electron chi connectivity index (χ4n) is 7.31. The molecule has 9 rings (SSSR count). The normalized spacial score (nSPS) is 13.2. The summed E-state index contributed by atoms with van der Waals surface area (Å²) in [4.78, 5) is 5.05. The van der Waals surface area contributed by atoms with Gasteiger partial charge in [-0.15, -0.1) is 0 Å². The van der Waals surface area contributed by atoms with Crippen LogP contribution >= 0.6 is 0 Å². The molecular weight excluding hydrogens is 558 g/mol. The van der Waals surface area contributed by atoms with E-state index in [9.17, 15) is 0 Å². The molecule has 218 valence electrons. The van der Waals surface area contributed by atoms with Gasteiger partial charge in [-0.2, -0.15) is 0 Å². The van der Waals surface area contributed by atoms with Crippen molar-refractivity contribution in [1.29, 1.82) is 0 Å². The molecule has 1 aliphatic rings. The highest BCUT2D eigenvalue weighted by atomic mass is 16.3. The zero-order chi connectivity index (χ0) is 30.8. The molecule has 2 aromatic heterocycles. The van der Waals surface area contributed by atoms with Gasteiger partial charge in [0, 0.05) is 32.9 Å².